The smallest absolute Gasteiger partial charge is 0.326 e. The SMILES string of the molecule is CCc1sc(C(=O)NC(Cc2ccccc2)C(=O)O)cc1C. The lowest BCUT2D eigenvalue weighted by Crippen LogP contribution is -2.42. The molecule has 4 nitrogen and oxygen atoms in total. The zero-order valence-electron chi connectivity index (χ0n) is 12.6. The molecule has 0 aliphatic carbocycles. The zero-order valence-corrected chi connectivity index (χ0v) is 13.4. The maximum atomic E-state index is 12.3. The van der Waals surface area contributed by atoms with Crippen LogP contribution in [0.3, 0.4) is 0 Å². The van der Waals surface area contributed by atoms with Crippen LogP contribution in [0.5, 0.6) is 0 Å². The van der Waals surface area contributed by atoms with Crippen LogP contribution >= 0.6 is 11.3 Å². The number of amides is 1. The molecule has 1 aromatic heterocycles. The number of thiophene rings is 1. The Bertz CT molecular complexity index is 664. The van der Waals surface area contributed by atoms with Gasteiger partial charge in [0, 0.05) is 11.3 Å². The van der Waals surface area contributed by atoms with Gasteiger partial charge < -0.3 is 10.4 Å². The summed E-state index contributed by atoms with van der Waals surface area (Å²) in [6, 6.07) is 10.2. The highest BCUT2D eigenvalue weighted by atomic mass is 32.1. The Morgan fingerprint density at radius 3 is 2.50 bits per heavy atom. The molecule has 0 bridgehead atoms. The molecule has 5 heteroatoms. The lowest BCUT2D eigenvalue weighted by Gasteiger charge is -2.14. The van der Waals surface area contributed by atoms with Crippen molar-refractivity contribution in [3.63, 3.8) is 0 Å². The number of hydrogen-bond donors (Lipinski definition) is 2. The molecule has 1 heterocycles. The molecule has 0 radical (unpaired) electrons. The van der Waals surface area contributed by atoms with Gasteiger partial charge in [-0.2, -0.15) is 0 Å². The molecule has 0 saturated carbocycles. The van der Waals surface area contributed by atoms with Gasteiger partial charge in [-0.15, -0.1) is 11.3 Å². The Morgan fingerprint density at radius 2 is 1.95 bits per heavy atom. The van der Waals surface area contributed by atoms with Crippen LogP contribution in [-0.2, 0) is 17.6 Å². The van der Waals surface area contributed by atoms with Crippen LogP contribution in [-0.4, -0.2) is 23.0 Å². The minimum Gasteiger partial charge on any atom is -0.480 e. The van der Waals surface area contributed by atoms with Crippen molar-refractivity contribution in [2.45, 2.75) is 32.7 Å². The summed E-state index contributed by atoms with van der Waals surface area (Å²) >= 11 is 1.42. The molecular formula is C17H19NO3S. The molecule has 1 amide bonds. The van der Waals surface area contributed by atoms with Crippen LogP contribution in [0, 0.1) is 6.92 Å². The number of carbonyl (C=O) groups excluding carboxylic acids is 1. The quantitative estimate of drug-likeness (QED) is 0.860. The van der Waals surface area contributed by atoms with Crippen molar-refractivity contribution in [3.05, 3.63) is 57.3 Å². The molecule has 0 saturated heterocycles. The van der Waals surface area contributed by atoms with Gasteiger partial charge in [0.05, 0.1) is 4.88 Å². The molecule has 1 unspecified atom stereocenters. The van der Waals surface area contributed by atoms with E-state index in [4.69, 9.17) is 0 Å². The molecule has 2 aromatic rings. The fraction of sp³-hybridized carbons (Fsp3) is 0.294. The molecule has 22 heavy (non-hydrogen) atoms. The van der Waals surface area contributed by atoms with Gasteiger partial charge in [-0.05, 0) is 30.5 Å². The van der Waals surface area contributed by atoms with Gasteiger partial charge in [0.1, 0.15) is 6.04 Å². The molecular weight excluding hydrogens is 298 g/mol. The highest BCUT2D eigenvalue weighted by Crippen LogP contribution is 2.22. The number of aliphatic carboxylic acids is 1. The fourth-order valence-corrected chi connectivity index (χ4v) is 3.28. The van der Waals surface area contributed by atoms with Crippen molar-refractivity contribution in [1.82, 2.24) is 5.32 Å². The summed E-state index contributed by atoms with van der Waals surface area (Å²) in [5.41, 5.74) is 1.96. The van der Waals surface area contributed by atoms with Gasteiger partial charge in [-0.3, -0.25) is 4.79 Å². The third kappa shape index (κ3) is 3.95. The number of carboxylic acid groups (broad SMARTS) is 1. The molecule has 0 spiro atoms. The van der Waals surface area contributed by atoms with Crippen LogP contribution in [0.15, 0.2) is 36.4 Å². The van der Waals surface area contributed by atoms with Gasteiger partial charge in [-0.1, -0.05) is 37.3 Å². The van der Waals surface area contributed by atoms with Crippen LogP contribution in [0.2, 0.25) is 0 Å². The van der Waals surface area contributed by atoms with Gasteiger partial charge in [0.2, 0.25) is 0 Å². The summed E-state index contributed by atoms with van der Waals surface area (Å²) in [6.07, 6.45) is 1.14. The summed E-state index contributed by atoms with van der Waals surface area (Å²) in [5, 5.41) is 11.9. The minimum atomic E-state index is -1.03. The van der Waals surface area contributed by atoms with Gasteiger partial charge in [0.25, 0.3) is 5.91 Å². The average molecular weight is 317 g/mol. The van der Waals surface area contributed by atoms with E-state index in [9.17, 15) is 14.7 Å². The van der Waals surface area contributed by atoms with Crippen LogP contribution in [0.25, 0.3) is 0 Å². The first kappa shape index (κ1) is 16.2. The number of nitrogens with one attached hydrogen (secondary N) is 1. The van der Waals surface area contributed by atoms with Crippen molar-refractivity contribution in [1.29, 1.82) is 0 Å². The second-order valence-electron chi connectivity index (χ2n) is 5.12. The first-order valence-electron chi connectivity index (χ1n) is 7.18. The second-order valence-corrected chi connectivity index (χ2v) is 6.26. The summed E-state index contributed by atoms with van der Waals surface area (Å²) in [7, 11) is 0. The Hall–Kier alpha value is -2.14. The molecule has 0 aliphatic rings. The zero-order chi connectivity index (χ0) is 16.1. The van der Waals surface area contributed by atoms with E-state index in [1.165, 1.54) is 11.3 Å². The third-order valence-corrected chi connectivity index (χ3v) is 4.83. The number of hydrogen-bond acceptors (Lipinski definition) is 3. The van der Waals surface area contributed by atoms with Crippen LogP contribution in [0.4, 0.5) is 0 Å². The highest BCUT2D eigenvalue weighted by Gasteiger charge is 2.22. The van der Waals surface area contributed by atoms with E-state index >= 15 is 0 Å². The second kappa shape index (κ2) is 7.22. The molecule has 0 fully saturated rings. The topological polar surface area (TPSA) is 66.4 Å². The maximum absolute atomic E-state index is 12.3. The first-order chi connectivity index (χ1) is 10.5. The first-order valence-corrected chi connectivity index (χ1v) is 7.99. The minimum absolute atomic E-state index is 0.271. The maximum Gasteiger partial charge on any atom is 0.326 e. The molecule has 2 rings (SSSR count). The van der Waals surface area contributed by atoms with Crippen LogP contribution in [0.1, 0.15) is 32.6 Å². The number of benzene rings is 1. The van der Waals surface area contributed by atoms with E-state index in [0.717, 1.165) is 22.4 Å². The van der Waals surface area contributed by atoms with Crippen molar-refractivity contribution >= 4 is 23.2 Å². The summed E-state index contributed by atoms with van der Waals surface area (Å²) in [4.78, 5) is 25.4. The Morgan fingerprint density at radius 1 is 1.27 bits per heavy atom. The highest BCUT2D eigenvalue weighted by molar-refractivity contribution is 7.14. The molecule has 1 aromatic carbocycles. The van der Waals surface area contributed by atoms with E-state index in [1.807, 2.05) is 50.2 Å². The molecule has 2 N–H and O–H groups in total. The van der Waals surface area contributed by atoms with Gasteiger partial charge in [0.15, 0.2) is 0 Å². The number of carbonyl (C=O) groups is 2. The van der Waals surface area contributed by atoms with Crippen molar-refractivity contribution in [2.75, 3.05) is 0 Å². The van der Waals surface area contributed by atoms with E-state index in [2.05, 4.69) is 5.32 Å². The Kier molecular flexibility index (Phi) is 5.33. The van der Waals surface area contributed by atoms with E-state index < -0.39 is 12.0 Å². The van der Waals surface area contributed by atoms with Crippen LogP contribution < -0.4 is 5.32 Å². The normalized spacial score (nSPS) is 11.9. The fourth-order valence-electron chi connectivity index (χ4n) is 2.26. The summed E-state index contributed by atoms with van der Waals surface area (Å²) < 4.78 is 0. The van der Waals surface area contributed by atoms with Crippen molar-refractivity contribution in [2.24, 2.45) is 0 Å². The monoisotopic (exact) mass is 317 g/mol. The summed E-state index contributed by atoms with van der Waals surface area (Å²) in [5.74, 6) is -1.35. The lowest BCUT2D eigenvalue weighted by atomic mass is 10.1. The lowest BCUT2D eigenvalue weighted by molar-refractivity contribution is -0.139. The Labute approximate surface area is 133 Å². The van der Waals surface area contributed by atoms with Crippen molar-refractivity contribution in [3.8, 4) is 0 Å². The van der Waals surface area contributed by atoms with Gasteiger partial charge in [-0.25, -0.2) is 4.79 Å². The molecule has 1 atom stereocenters. The standard InChI is InChI=1S/C17H19NO3S/c1-3-14-11(2)9-15(22-14)16(19)18-13(17(20)21)10-12-7-5-4-6-8-12/h4-9,13H,3,10H2,1-2H3,(H,18,19)(H,20,21). The third-order valence-electron chi connectivity index (χ3n) is 3.45. The van der Waals surface area contributed by atoms with Gasteiger partial charge >= 0.3 is 5.97 Å². The molecule has 0 aliphatic heterocycles. The van der Waals surface area contributed by atoms with E-state index in [1.54, 1.807) is 0 Å². The Balaban J connectivity index is 2.10. The summed E-state index contributed by atoms with van der Waals surface area (Å²) in [6.45, 7) is 4.00. The molecule has 116 valence electrons. The van der Waals surface area contributed by atoms with Crippen molar-refractivity contribution < 1.29 is 14.7 Å². The van der Waals surface area contributed by atoms with E-state index in [0.29, 0.717) is 4.88 Å². The largest absolute Gasteiger partial charge is 0.480 e. The predicted octanol–water partition coefficient (Wildman–Crippen LogP) is 3.04. The number of rotatable bonds is 6. The number of carboxylic acids is 1. The predicted molar refractivity (Wildman–Crippen MR) is 87.5 cm³/mol. The average Bonchev–Trinajstić information content (AvgIpc) is 2.88. The number of aryl methyl sites for hydroxylation is 2. The van der Waals surface area contributed by atoms with E-state index in [-0.39, 0.29) is 12.3 Å².